The Balaban J connectivity index is 3.58. The maximum absolute atomic E-state index is 3.53. The molecule has 0 atom stereocenters. The van der Waals surface area contributed by atoms with E-state index in [1.807, 2.05) is 0 Å². The van der Waals surface area contributed by atoms with Gasteiger partial charge in [-0.1, -0.05) is 20.8 Å². The Morgan fingerprint density at radius 3 is 1.94 bits per heavy atom. The van der Waals surface area contributed by atoms with Gasteiger partial charge in [-0.25, -0.2) is 0 Å². The molecule has 0 bridgehead atoms. The Hall–Kier alpha value is -0.120. The van der Waals surface area contributed by atoms with E-state index < -0.39 is 0 Å². The molecule has 0 aromatic rings. The van der Waals surface area contributed by atoms with Crippen molar-refractivity contribution in [3.63, 3.8) is 0 Å². The summed E-state index contributed by atoms with van der Waals surface area (Å²) in [6.45, 7) is 18.1. The van der Waals surface area contributed by atoms with Crippen molar-refractivity contribution >= 4 is 0 Å². The number of nitrogens with zero attached hydrogens (tertiary/aromatic N) is 2. The van der Waals surface area contributed by atoms with Crippen molar-refractivity contribution in [3.8, 4) is 0 Å². The SMILES string of the molecule is CCN(CC)CCNCCN(C)C(C)(C)CC. The highest BCUT2D eigenvalue weighted by Gasteiger charge is 2.19. The molecule has 0 aliphatic heterocycles. The predicted octanol–water partition coefficient (Wildman–Crippen LogP) is 2.04. The van der Waals surface area contributed by atoms with Crippen LogP contribution in [0, 0.1) is 0 Å². The van der Waals surface area contributed by atoms with E-state index in [0.717, 1.165) is 39.3 Å². The second kappa shape index (κ2) is 8.90. The Morgan fingerprint density at radius 1 is 0.941 bits per heavy atom. The van der Waals surface area contributed by atoms with Gasteiger partial charge in [0.2, 0.25) is 0 Å². The van der Waals surface area contributed by atoms with E-state index in [9.17, 15) is 0 Å². The lowest BCUT2D eigenvalue weighted by Gasteiger charge is -2.34. The van der Waals surface area contributed by atoms with Gasteiger partial charge in [-0.15, -0.1) is 0 Å². The molecule has 3 heteroatoms. The molecule has 0 aromatic heterocycles. The first-order chi connectivity index (χ1) is 7.97. The zero-order chi connectivity index (χ0) is 13.3. The Labute approximate surface area is 109 Å². The average molecular weight is 243 g/mol. The molecule has 1 N–H and O–H groups in total. The zero-order valence-electron chi connectivity index (χ0n) is 12.8. The Bertz CT molecular complexity index is 176. The first-order valence-electron chi connectivity index (χ1n) is 7.12. The first-order valence-corrected chi connectivity index (χ1v) is 7.12. The van der Waals surface area contributed by atoms with E-state index in [1.165, 1.54) is 6.42 Å². The molecule has 104 valence electrons. The van der Waals surface area contributed by atoms with Crippen LogP contribution in [-0.2, 0) is 0 Å². The van der Waals surface area contributed by atoms with Gasteiger partial charge in [-0.2, -0.15) is 0 Å². The van der Waals surface area contributed by atoms with E-state index in [4.69, 9.17) is 0 Å². The third-order valence-corrected chi connectivity index (χ3v) is 4.02. The van der Waals surface area contributed by atoms with Crippen molar-refractivity contribution in [2.75, 3.05) is 46.3 Å². The van der Waals surface area contributed by atoms with Gasteiger partial charge in [0.05, 0.1) is 0 Å². The molecule has 0 fully saturated rings. The lowest BCUT2D eigenvalue weighted by atomic mass is 10.0. The molecule has 0 radical (unpaired) electrons. The molecular weight excluding hydrogens is 210 g/mol. The second-order valence-corrected chi connectivity index (χ2v) is 5.36. The van der Waals surface area contributed by atoms with E-state index >= 15 is 0 Å². The Kier molecular flexibility index (Phi) is 8.83. The van der Waals surface area contributed by atoms with Crippen LogP contribution in [0.25, 0.3) is 0 Å². The summed E-state index contributed by atoms with van der Waals surface area (Å²) >= 11 is 0. The van der Waals surface area contributed by atoms with Crippen LogP contribution in [0.4, 0.5) is 0 Å². The van der Waals surface area contributed by atoms with Gasteiger partial charge < -0.3 is 10.2 Å². The molecule has 17 heavy (non-hydrogen) atoms. The highest BCUT2D eigenvalue weighted by Crippen LogP contribution is 2.15. The van der Waals surface area contributed by atoms with Crippen LogP contribution in [0.3, 0.4) is 0 Å². The normalized spacial score (nSPS) is 12.7. The fraction of sp³-hybridized carbons (Fsp3) is 1.00. The third kappa shape index (κ3) is 7.02. The summed E-state index contributed by atoms with van der Waals surface area (Å²) in [4.78, 5) is 4.89. The molecule has 0 saturated carbocycles. The summed E-state index contributed by atoms with van der Waals surface area (Å²) in [5, 5.41) is 3.53. The van der Waals surface area contributed by atoms with Crippen LogP contribution >= 0.6 is 0 Å². The molecule has 0 unspecified atom stereocenters. The van der Waals surface area contributed by atoms with Gasteiger partial charge in [-0.05, 0) is 40.4 Å². The van der Waals surface area contributed by atoms with Crippen molar-refractivity contribution in [2.45, 2.75) is 46.6 Å². The van der Waals surface area contributed by atoms with Crippen LogP contribution in [0.5, 0.6) is 0 Å². The van der Waals surface area contributed by atoms with E-state index in [1.54, 1.807) is 0 Å². The molecule has 0 rings (SSSR count). The fourth-order valence-corrected chi connectivity index (χ4v) is 1.72. The quantitative estimate of drug-likeness (QED) is 0.592. The van der Waals surface area contributed by atoms with Gasteiger partial charge in [0.1, 0.15) is 0 Å². The van der Waals surface area contributed by atoms with Crippen molar-refractivity contribution in [3.05, 3.63) is 0 Å². The van der Waals surface area contributed by atoms with Gasteiger partial charge in [-0.3, -0.25) is 4.90 Å². The fourth-order valence-electron chi connectivity index (χ4n) is 1.72. The number of likely N-dealkylation sites (N-methyl/N-ethyl adjacent to an activating group) is 2. The largest absolute Gasteiger partial charge is 0.314 e. The van der Waals surface area contributed by atoms with Gasteiger partial charge in [0.15, 0.2) is 0 Å². The summed E-state index contributed by atoms with van der Waals surface area (Å²) in [5.74, 6) is 0. The zero-order valence-corrected chi connectivity index (χ0v) is 12.8. The lowest BCUT2D eigenvalue weighted by molar-refractivity contribution is 0.151. The first kappa shape index (κ1) is 16.9. The molecular formula is C14H33N3. The van der Waals surface area contributed by atoms with Crippen LogP contribution in [0.2, 0.25) is 0 Å². The highest BCUT2D eigenvalue weighted by atomic mass is 15.2. The van der Waals surface area contributed by atoms with Crippen LogP contribution in [0.15, 0.2) is 0 Å². The maximum atomic E-state index is 3.53. The predicted molar refractivity (Wildman–Crippen MR) is 77.7 cm³/mol. The van der Waals surface area contributed by atoms with Crippen molar-refractivity contribution in [1.82, 2.24) is 15.1 Å². The summed E-state index contributed by atoms with van der Waals surface area (Å²) < 4.78 is 0. The maximum Gasteiger partial charge on any atom is 0.0148 e. The minimum absolute atomic E-state index is 0.320. The summed E-state index contributed by atoms with van der Waals surface area (Å²) in [6.07, 6.45) is 1.20. The molecule has 0 aliphatic rings. The molecule has 0 aliphatic carbocycles. The lowest BCUT2D eigenvalue weighted by Crippen LogP contribution is -2.44. The molecule has 3 nitrogen and oxygen atoms in total. The van der Waals surface area contributed by atoms with E-state index in [0.29, 0.717) is 5.54 Å². The van der Waals surface area contributed by atoms with Crippen molar-refractivity contribution in [1.29, 1.82) is 0 Å². The molecule has 0 heterocycles. The van der Waals surface area contributed by atoms with Crippen LogP contribution in [0.1, 0.15) is 41.0 Å². The van der Waals surface area contributed by atoms with E-state index in [2.05, 4.69) is 56.8 Å². The number of hydrogen-bond acceptors (Lipinski definition) is 3. The minimum Gasteiger partial charge on any atom is -0.314 e. The highest BCUT2D eigenvalue weighted by molar-refractivity contribution is 4.77. The van der Waals surface area contributed by atoms with Crippen molar-refractivity contribution < 1.29 is 0 Å². The number of hydrogen-bond donors (Lipinski definition) is 1. The van der Waals surface area contributed by atoms with Gasteiger partial charge >= 0.3 is 0 Å². The average Bonchev–Trinajstić information content (AvgIpc) is 2.33. The van der Waals surface area contributed by atoms with Gasteiger partial charge in [0, 0.05) is 31.7 Å². The Morgan fingerprint density at radius 2 is 1.47 bits per heavy atom. The molecule has 0 spiro atoms. The topological polar surface area (TPSA) is 18.5 Å². The van der Waals surface area contributed by atoms with Crippen LogP contribution < -0.4 is 5.32 Å². The molecule has 0 aromatic carbocycles. The number of nitrogens with one attached hydrogen (secondary N) is 1. The number of rotatable bonds is 10. The summed E-state index contributed by atoms with van der Waals surface area (Å²) in [7, 11) is 2.22. The smallest absolute Gasteiger partial charge is 0.0148 e. The molecule has 0 saturated heterocycles. The second-order valence-electron chi connectivity index (χ2n) is 5.36. The molecule has 0 amide bonds. The minimum atomic E-state index is 0.320. The van der Waals surface area contributed by atoms with E-state index in [-0.39, 0.29) is 0 Å². The van der Waals surface area contributed by atoms with Gasteiger partial charge in [0.25, 0.3) is 0 Å². The summed E-state index contributed by atoms with van der Waals surface area (Å²) in [6, 6.07) is 0. The standard InChI is InChI=1S/C14H33N3/c1-7-14(4,5)16(6)12-10-15-11-13-17(8-2)9-3/h15H,7-13H2,1-6H3. The van der Waals surface area contributed by atoms with Crippen LogP contribution in [-0.4, -0.2) is 61.7 Å². The van der Waals surface area contributed by atoms with Crippen molar-refractivity contribution in [2.24, 2.45) is 0 Å². The summed E-state index contributed by atoms with van der Waals surface area (Å²) in [5.41, 5.74) is 0.320. The monoisotopic (exact) mass is 243 g/mol. The third-order valence-electron chi connectivity index (χ3n) is 4.02.